The second-order valence-electron chi connectivity index (χ2n) is 9.88. The van der Waals surface area contributed by atoms with E-state index in [1.54, 1.807) is 11.6 Å². The fourth-order valence-electron chi connectivity index (χ4n) is 4.78. The molecule has 0 aliphatic carbocycles. The fraction of sp³-hybridized carbons (Fsp3) is 0.300. The summed E-state index contributed by atoms with van der Waals surface area (Å²) in [6, 6.07) is 15.3. The summed E-state index contributed by atoms with van der Waals surface area (Å²) in [7, 11) is 5.67. The minimum Gasteiger partial charge on any atom is -0.378 e. The van der Waals surface area contributed by atoms with Gasteiger partial charge < -0.3 is 25.0 Å². The number of carbonyl (C=O) groups is 2. The maximum Gasteiger partial charge on any atom is 0.273 e. The van der Waals surface area contributed by atoms with E-state index in [9.17, 15) is 14.4 Å². The maximum atomic E-state index is 13.1. The number of nitrogens with one attached hydrogen (secondary N) is 2. The molecule has 198 valence electrons. The Kier molecular flexibility index (Phi) is 8.00. The summed E-state index contributed by atoms with van der Waals surface area (Å²) < 4.78 is 1.60. The molecule has 0 radical (unpaired) electrons. The average Bonchev–Trinajstić information content (AvgIpc) is 2.91. The van der Waals surface area contributed by atoms with Crippen molar-refractivity contribution in [2.75, 3.05) is 42.3 Å². The molecule has 1 fully saturated rings. The van der Waals surface area contributed by atoms with Crippen molar-refractivity contribution in [1.82, 2.24) is 9.88 Å². The van der Waals surface area contributed by atoms with Crippen molar-refractivity contribution >= 4 is 28.9 Å². The van der Waals surface area contributed by atoms with Crippen molar-refractivity contribution in [2.45, 2.75) is 25.8 Å². The number of nitrogens with zero attached hydrogens (tertiary/aromatic N) is 3. The van der Waals surface area contributed by atoms with E-state index in [2.05, 4.69) is 22.1 Å². The van der Waals surface area contributed by atoms with Crippen LogP contribution in [0.25, 0.3) is 11.1 Å². The van der Waals surface area contributed by atoms with Crippen LogP contribution in [0.15, 0.2) is 72.2 Å². The number of hydrogen-bond donors (Lipinski definition) is 2. The third-order valence-electron chi connectivity index (χ3n) is 7.07. The Morgan fingerprint density at radius 3 is 2.39 bits per heavy atom. The quantitative estimate of drug-likeness (QED) is 0.467. The largest absolute Gasteiger partial charge is 0.378 e. The molecular formula is C30H35N5O3. The van der Waals surface area contributed by atoms with Gasteiger partial charge in [-0.3, -0.25) is 14.4 Å². The lowest BCUT2D eigenvalue weighted by Crippen LogP contribution is -2.45. The Hall–Kier alpha value is -4.33. The van der Waals surface area contributed by atoms with Crippen LogP contribution in [0.5, 0.6) is 0 Å². The number of aromatic nitrogens is 1. The van der Waals surface area contributed by atoms with Crippen molar-refractivity contribution < 1.29 is 9.59 Å². The lowest BCUT2D eigenvalue weighted by molar-refractivity contribution is -0.117. The van der Waals surface area contributed by atoms with E-state index < -0.39 is 0 Å². The summed E-state index contributed by atoms with van der Waals surface area (Å²) >= 11 is 0. The van der Waals surface area contributed by atoms with E-state index in [4.69, 9.17) is 0 Å². The van der Waals surface area contributed by atoms with Gasteiger partial charge in [-0.1, -0.05) is 18.7 Å². The van der Waals surface area contributed by atoms with E-state index in [0.717, 1.165) is 40.9 Å². The lowest BCUT2D eigenvalue weighted by atomic mass is 9.99. The molecule has 8 nitrogen and oxygen atoms in total. The molecule has 0 spiro atoms. The molecule has 2 N–H and O–H groups in total. The number of anilines is 3. The molecule has 2 heterocycles. The Bertz CT molecular complexity index is 1400. The highest BCUT2D eigenvalue weighted by molar-refractivity contribution is 6.05. The molecule has 0 atom stereocenters. The number of amides is 2. The summed E-state index contributed by atoms with van der Waals surface area (Å²) in [6.45, 7) is 6.82. The molecule has 1 aliphatic heterocycles. The van der Waals surface area contributed by atoms with Crippen molar-refractivity contribution in [1.29, 1.82) is 0 Å². The van der Waals surface area contributed by atoms with Gasteiger partial charge in [-0.05, 0) is 73.4 Å². The van der Waals surface area contributed by atoms with Crippen LogP contribution in [0.4, 0.5) is 17.1 Å². The van der Waals surface area contributed by atoms with Crippen LogP contribution in [0.2, 0.25) is 0 Å². The van der Waals surface area contributed by atoms with Crippen molar-refractivity contribution in [3.63, 3.8) is 0 Å². The van der Waals surface area contributed by atoms with Crippen LogP contribution in [0, 0.1) is 6.92 Å². The zero-order chi connectivity index (χ0) is 27.4. The van der Waals surface area contributed by atoms with Gasteiger partial charge in [-0.15, -0.1) is 0 Å². The summed E-state index contributed by atoms with van der Waals surface area (Å²) in [5, 5.41) is 5.99. The van der Waals surface area contributed by atoms with E-state index in [-0.39, 0.29) is 23.4 Å². The number of pyridine rings is 1. The SMILES string of the molecule is C=CC(=O)NC1CCN(c2cc(-c3cccc(NC(=O)c4ccc(N(C)C)cc4)c3C)cn(C)c2=O)CC1. The zero-order valence-corrected chi connectivity index (χ0v) is 22.5. The monoisotopic (exact) mass is 513 g/mol. The maximum absolute atomic E-state index is 13.1. The van der Waals surface area contributed by atoms with Crippen molar-refractivity contribution in [3.8, 4) is 11.1 Å². The van der Waals surface area contributed by atoms with Crippen LogP contribution < -0.4 is 26.0 Å². The van der Waals surface area contributed by atoms with E-state index in [1.807, 2.05) is 80.6 Å². The second-order valence-corrected chi connectivity index (χ2v) is 9.88. The molecule has 3 aromatic rings. The van der Waals surface area contributed by atoms with Crippen LogP contribution in [-0.4, -0.2) is 49.6 Å². The topological polar surface area (TPSA) is 86.7 Å². The molecule has 1 aliphatic rings. The van der Waals surface area contributed by atoms with Gasteiger partial charge >= 0.3 is 0 Å². The number of hydrogen-bond acceptors (Lipinski definition) is 5. The number of aryl methyl sites for hydroxylation is 1. The van der Waals surface area contributed by atoms with Gasteiger partial charge in [0.1, 0.15) is 5.69 Å². The highest BCUT2D eigenvalue weighted by atomic mass is 16.2. The number of piperidine rings is 1. The molecule has 1 saturated heterocycles. The molecule has 4 rings (SSSR count). The smallest absolute Gasteiger partial charge is 0.273 e. The van der Waals surface area contributed by atoms with Crippen LogP contribution >= 0.6 is 0 Å². The minimum absolute atomic E-state index is 0.0643. The molecule has 38 heavy (non-hydrogen) atoms. The number of carbonyl (C=O) groups excluding carboxylic acids is 2. The normalized spacial score (nSPS) is 13.6. The Morgan fingerprint density at radius 1 is 1.08 bits per heavy atom. The Labute approximate surface area is 223 Å². The van der Waals surface area contributed by atoms with E-state index in [1.165, 1.54) is 6.08 Å². The molecule has 2 aromatic carbocycles. The molecule has 1 aromatic heterocycles. The summed E-state index contributed by atoms with van der Waals surface area (Å²) in [5.74, 6) is -0.350. The predicted octanol–water partition coefficient (Wildman–Crippen LogP) is 3.95. The van der Waals surface area contributed by atoms with Crippen LogP contribution in [0.3, 0.4) is 0 Å². The summed E-state index contributed by atoms with van der Waals surface area (Å²) in [4.78, 5) is 41.7. The predicted molar refractivity (Wildman–Crippen MR) is 154 cm³/mol. The highest BCUT2D eigenvalue weighted by Crippen LogP contribution is 2.31. The first-order valence-corrected chi connectivity index (χ1v) is 12.7. The summed E-state index contributed by atoms with van der Waals surface area (Å²) in [5.41, 5.74) is 5.65. The lowest BCUT2D eigenvalue weighted by Gasteiger charge is -2.33. The van der Waals surface area contributed by atoms with Gasteiger partial charge in [0.15, 0.2) is 0 Å². The van der Waals surface area contributed by atoms with Gasteiger partial charge in [0.05, 0.1) is 0 Å². The third kappa shape index (κ3) is 5.80. The van der Waals surface area contributed by atoms with Crippen molar-refractivity contribution in [2.24, 2.45) is 7.05 Å². The molecule has 8 heteroatoms. The standard InChI is InChI=1S/C30H35N5O3/c1-6-28(36)31-23-14-16-35(17-15-23)27-18-22(19-34(5)30(27)38)25-8-7-9-26(20(25)2)32-29(37)21-10-12-24(13-11-21)33(3)4/h6-13,18-19,23H,1,14-17H2,2-5H3,(H,31,36)(H,32,37). The van der Waals surface area contributed by atoms with Crippen LogP contribution in [0.1, 0.15) is 28.8 Å². The first-order chi connectivity index (χ1) is 18.2. The van der Waals surface area contributed by atoms with E-state index in [0.29, 0.717) is 24.3 Å². The first kappa shape index (κ1) is 26.7. The van der Waals surface area contributed by atoms with E-state index >= 15 is 0 Å². The van der Waals surface area contributed by atoms with Crippen molar-refractivity contribution in [3.05, 3.63) is 88.9 Å². The summed E-state index contributed by atoms with van der Waals surface area (Å²) in [6.07, 6.45) is 4.62. The molecule has 0 saturated carbocycles. The van der Waals surface area contributed by atoms with Gasteiger partial charge in [0.25, 0.3) is 11.5 Å². The first-order valence-electron chi connectivity index (χ1n) is 12.7. The second kappa shape index (κ2) is 11.4. The van der Waals surface area contributed by atoms with Gasteiger partial charge in [0, 0.05) is 69.0 Å². The van der Waals surface area contributed by atoms with Gasteiger partial charge in [-0.25, -0.2) is 0 Å². The fourth-order valence-corrected chi connectivity index (χ4v) is 4.78. The van der Waals surface area contributed by atoms with Gasteiger partial charge in [-0.2, -0.15) is 0 Å². The Morgan fingerprint density at radius 2 is 1.76 bits per heavy atom. The molecule has 0 bridgehead atoms. The molecule has 0 unspecified atom stereocenters. The van der Waals surface area contributed by atoms with Gasteiger partial charge in [0.2, 0.25) is 5.91 Å². The third-order valence-corrected chi connectivity index (χ3v) is 7.07. The Balaban J connectivity index is 1.56. The number of rotatable bonds is 7. The minimum atomic E-state index is -0.178. The molecule has 2 amide bonds. The number of benzene rings is 2. The zero-order valence-electron chi connectivity index (χ0n) is 22.5. The average molecular weight is 514 g/mol. The molecular weight excluding hydrogens is 478 g/mol. The van der Waals surface area contributed by atoms with Crippen LogP contribution in [-0.2, 0) is 11.8 Å². The highest BCUT2D eigenvalue weighted by Gasteiger charge is 2.23.